The van der Waals surface area contributed by atoms with Crippen LogP contribution >= 0.6 is 11.8 Å². The number of carbonyl (C=O) groups is 1. The van der Waals surface area contributed by atoms with Gasteiger partial charge in [-0.1, -0.05) is 0 Å². The van der Waals surface area contributed by atoms with E-state index in [1.165, 1.54) is 11.8 Å². The first-order valence-electron chi connectivity index (χ1n) is 6.26. The summed E-state index contributed by atoms with van der Waals surface area (Å²) < 4.78 is 0. The Labute approximate surface area is 121 Å². The number of nitrogens with one attached hydrogen (secondary N) is 2. The Balaban J connectivity index is 2.05. The van der Waals surface area contributed by atoms with Gasteiger partial charge in [0.25, 0.3) is 5.91 Å². The number of carbonyl (C=O) groups excluding carboxylic acids is 1. The molecule has 20 heavy (non-hydrogen) atoms. The molecule has 2 rings (SSSR count). The minimum Gasteiger partial charge on any atom is -0.352 e. The smallest absolute Gasteiger partial charge is 0.255 e. The molecule has 0 saturated carbocycles. The zero-order chi connectivity index (χ0) is 14.5. The molecule has 0 atom stereocenters. The van der Waals surface area contributed by atoms with Crippen molar-refractivity contribution in [1.82, 2.24) is 25.3 Å². The monoisotopic (exact) mass is 291 g/mol. The molecule has 0 radical (unpaired) electrons. The maximum absolute atomic E-state index is 12.3. The molecule has 0 aliphatic carbocycles. The number of imidazole rings is 1. The summed E-state index contributed by atoms with van der Waals surface area (Å²) in [6.45, 7) is 4.20. The largest absolute Gasteiger partial charge is 0.352 e. The lowest BCUT2D eigenvalue weighted by Gasteiger charge is -2.10. The van der Waals surface area contributed by atoms with Crippen molar-refractivity contribution in [3.05, 3.63) is 35.3 Å². The van der Waals surface area contributed by atoms with Crippen molar-refractivity contribution >= 4 is 17.7 Å². The molecule has 2 aromatic rings. The number of aromatic amines is 1. The van der Waals surface area contributed by atoms with Crippen LogP contribution in [0.1, 0.15) is 27.6 Å². The molecular formula is C13H17N5OS. The van der Waals surface area contributed by atoms with Crippen LogP contribution in [0.15, 0.2) is 17.6 Å². The highest BCUT2D eigenvalue weighted by Gasteiger charge is 2.16. The van der Waals surface area contributed by atoms with Crippen LogP contribution in [0.25, 0.3) is 0 Å². The Bertz CT molecular complexity index is 597. The fraction of sp³-hybridized carbons (Fsp3) is 0.385. The van der Waals surface area contributed by atoms with Crippen LogP contribution in [0.4, 0.5) is 0 Å². The van der Waals surface area contributed by atoms with E-state index in [4.69, 9.17) is 0 Å². The van der Waals surface area contributed by atoms with Crippen molar-refractivity contribution in [3.8, 4) is 0 Å². The van der Waals surface area contributed by atoms with Gasteiger partial charge in [-0.2, -0.15) is 0 Å². The SMILES string of the molecule is CSc1nc(C)nc(C)c1C(=O)NCCc1cnc[nH]1. The van der Waals surface area contributed by atoms with Gasteiger partial charge in [0.15, 0.2) is 0 Å². The van der Waals surface area contributed by atoms with Gasteiger partial charge >= 0.3 is 0 Å². The summed E-state index contributed by atoms with van der Waals surface area (Å²) in [5.74, 6) is 0.548. The van der Waals surface area contributed by atoms with Crippen molar-refractivity contribution in [2.45, 2.75) is 25.3 Å². The number of aryl methyl sites for hydroxylation is 2. The summed E-state index contributed by atoms with van der Waals surface area (Å²) in [6, 6.07) is 0. The van der Waals surface area contributed by atoms with Crippen molar-refractivity contribution in [2.75, 3.05) is 12.8 Å². The van der Waals surface area contributed by atoms with E-state index < -0.39 is 0 Å². The predicted octanol–water partition coefficient (Wildman–Crippen LogP) is 1.51. The highest BCUT2D eigenvalue weighted by Crippen LogP contribution is 2.20. The number of aromatic nitrogens is 4. The molecule has 0 aromatic carbocycles. The fourth-order valence-corrected chi connectivity index (χ4v) is 2.58. The zero-order valence-electron chi connectivity index (χ0n) is 11.7. The summed E-state index contributed by atoms with van der Waals surface area (Å²) in [5, 5.41) is 3.61. The first kappa shape index (κ1) is 14.5. The number of nitrogens with zero attached hydrogens (tertiary/aromatic N) is 3. The first-order valence-corrected chi connectivity index (χ1v) is 7.49. The van der Waals surface area contributed by atoms with E-state index in [1.807, 2.05) is 20.1 Å². The van der Waals surface area contributed by atoms with Crippen molar-refractivity contribution < 1.29 is 4.79 Å². The third kappa shape index (κ3) is 3.36. The molecule has 1 amide bonds. The molecule has 0 aliphatic heterocycles. The van der Waals surface area contributed by atoms with Crippen LogP contribution in [-0.4, -0.2) is 38.6 Å². The fourth-order valence-electron chi connectivity index (χ4n) is 1.91. The molecule has 2 aromatic heterocycles. The Hall–Kier alpha value is -1.89. The van der Waals surface area contributed by atoms with Gasteiger partial charge < -0.3 is 10.3 Å². The summed E-state index contributed by atoms with van der Waals surface area (Å²) in [7, 11) is 0. The van der Waals surface area contributed by atoms with E-state index in [2.05, 4.69) is 25.3 Å². The number of amides is 1. The molecule has 7 heteroatoms. The van der Waals surface area contributed by atoms with E-state index >= 15 is 0 Å². The quantitative estimate of drug-likeness (QED) is 0.644. The molecule has 106 valence electrons. The van der Waals surface area contributed by atoms with Gasteiger partial charge in [0, 0.05) is 24.9 Å². The molecule has 0 bridgehead atoms. The number of thioether (sulfide) groups is 1. The minimum atomic E-state index is -0.133. The van der Waals surface area contributed by atoms with Crippen molar-refractivity contribution in [3.63, 3.8) is 0 Å². The maximum atomic E-state index is 12.3. The lowest BCUT2D eigenvalue weighted by atomic mass is 10.2. The van der Waals surface area contributed by atoms with Crippen LogP contribution in [0.3, 0.4) is 0 Å². The van der Waals surface area contributed by atoms with Gasteiger partial charge in [-0.25, -0.2) is 15.0 Å². The summed E-state index contributed by atoms with van der Waals surface area (Å²) in [6.07, 6.45) is 6.00. The van der Waals surface area contributed by atoms with Gasteiger partial charge in [-0.05, 0) is 20.1 Å². The highest BCUT2D eigenvalue weighted by atomic mass is 32.2. The molecule has 0 saturated heterocycles. The maximum Gasteiger partial charge on any atom is 0.255 e. The second kappa shape index (κ2) is 6.51. The second-order valence-electron chi connectivity index (χ2n) is 4.32. The summed E-state index contributed by atoms with van der Waals surface area (Å²) in [5.41, 5.74) is 2.26. The molecule has 2 heterocycles. The third-order valence-corrected chi connectivity index (χ3v) is 3.51. The van der Waals surface area contributed by atoms with Crippen LogP contribution in [0.5, 0.6) is 0 Å². The Morgan fingerprint density at radius 3 is 2.85 bits per heavy atom. The molecular weight excluding hydrogens is 274 g/mol. The van der Waals surface area contributed by atoms with Crippen molar-refractivity contribution in [2.24, 2.45) is 0 Å². The van der Waals surface area contributed by atoms with Crippen LogP contribution in [-0.2, 0) is 6.42 Å². The summed E-state index contributed by atoms with van der Waals surface area (Å²) >= 11 is 1.46. The van der Waals surface area contributed by atoms with E-state index in [-0.39, 0.29) is 5.91 Å². The first-order chi connectivity index (χ1) is 9.61. The topological polar surface area (TPSA) is 83.6 Å². The van der Waals surface area contributed by atoms with Crippen LogP contribution < -0.4 is 5.32 Å². The number of rotatable bonds is 5. The highest BCUT2D eigenvalue weighted by molar-refractivity contribution is 7.98. The normalized spacial score (nSPS) is 10.6. The van der Waals surface area contributed by atoms with Crippen molar-refractivity contribution in [1.29, 1.82) is 0 Å². The van der Waals surface area contributed by atoms with E-state index in [9.17, 15) is 4.79 Å². The molecule has 0 spiro atoms. The lowest BCUT2D eigenvalue weighted by Crippen LogP contribution is -2.27. The zero-order valence-corrected chi connectivity index (χ0v) is 12.5. The lowest BCUT2D eigenvalue weighted by molar-refractivity contribution is 0.0949. The van der Waals surface area contributed by atoms with Gasteiger partial charge in [0.05, 0.1) is 17.6 Å². The van der Waals surface area contributed by atoms with Crippen LogP contribution in [0, 0.1) is 13.8 Å². The summed E-state index contributed by atoms with van der Waals surface area (Å²) in [4.78, 5) is 27.8. The Morgan fingerprint density at radius 1 is 1.40 bits per heavy atom. The number of hydrogen-bond donors (Lipinski definition) is 2. The van der Waals surface area contributed by atoms with Gasteiger partial charge in [0.1, 0.15) is 10.9 Å². The second-order valence-corrected chi connectivity index (χ2v) is 5.12. The Morgan fingerprint density at radius 2 is 2.20 bits per heavy atom. The van der Waals surface area contributed by atoms with E-state index in [0.717, 1.165) is 5.69 Å². The standard InChI is InChI=1S/C13H17N5OS/c1-8-11(13(20-3)18-9(2)17-8)12(19)15-5-4-10-6-14-7-16-10/h6-7H,4-5H2,1-3H3,(H,14,16)(H,15,19). The average Bonchev–Trinajstić information content (AvgIpc) is 2.90. The molecule has 0 unspecified atom stereocenters. The van der Waals surface area contributed by atoms with E-state index in [1.54, 1.807) is 12.5 Å². The molecule has 0 fully saturated rings. The molecule has 2 N–H and O–H groups in total. The molecule has 6 nitrogen and oxygen atoms in total. The van der Waals surface area contributed by atoms with Gasteiger partial charge in [0.2, 0.25) is 0 Å². The number of H-pyrrole nitrogens is 1. The Kier molecular flexibility index (Phi) is 4.73. The minimum absolute atomic E-state index is 0.133. The van der Waals surface area contributed by atoms with Gasteiger partial charge in [-0.15, -0.1) is 11.8 Å². The third-order valence-electron chi connectivity index (χ3n) is 2.82. The van der Waals surface area contributed by atoms with Crippen LogP contribution in [0.2, 0.25) is 0 Å². The number of hydrogen-bond acceptors (Lipinski definition) is 5. The van der Waals surface area contributed by atoms with E-state index in [0.29, 0.717) is 35.1 Å². The predicted molar refractivity (Wildman–Crippen MR) is 77.9 cm³/mol. The molecule has 0 aliphatic rings. The average molecular weight is 291 g/mol. The van der Waals surface area contributed by atoms with Gasteiger partial charge in [-0.3, -0.25) is 4.79 Å².